The number of nitrogens with zero attached hydrogens (tertiary/aromatic N) is 2. The molecule has 0 amide bonds. The SMILES string of the molecule is CCNC(CSc1nccc(C)n1)c1ccc(C)c(C)c1. The van der Waals surface area contributed by atoms with Crippen LogP contribution in [0.15, 0.2) is 35.6 Å². The van der Waals surface area contributed by atoms with E-state index < -0.39 is 0 Å². The van der Waals surface area contributed by atoms with Crippen molar-refractivity contribution in [1.82, 2.24) is 15.3 Å². The van der Waals surface area contributed by atoms with E-state index in [9.17, 15) is 0 Å². The minimum Gasteiger partial charge on any atom is -0.309 e. The van der Waals surface area contributed by atoms with Crippen molar-refractivity contribution in [3.63, 3.8) is 0 Å². The van der Waals surface area contributed by atoms with Gasteiger partial charge in [0.15, 0.2) is 5.16 Å². The van der Waals surface area contributed by atoms with Crippen LogP contribution in [0.3, 0.4) is 0 Å². The lowest BCUT2D eigenvalue weighted by Crippen LogP contribution is -2.23. The molecule has 112 valence electrons. The van der Waals surface area contributed by atoms with E-state index in [1.807, 2.05) is 19.2 Å². The number of hydrogen-bond acceptors (Lipinski definition) is 4. The summed E-state index contributed by atoms with van der Waals surface area (Å²) in [4.78, 5) is 8.78. The largest absolute Gasteiger partial charge is 0.309 e. The van der Waals surface area contributed by atoms with Gasteiger partial charge in [-0.2, -0.15) is 0 Å². The summed E-state index contributed by atoms with van der Waals surface area (Å²) in [5, 5.41) is 4.40. The first-order chi connectivity index (χ1) is 10.1. The van der Waals surface area contributed by atoms with Crippen LogP contribution >= 0.6 is 11.8 Å². The number of nitrogens with one attached hydrogen (secondary N) is 1. The van der Waals surface area contributed by atoms with Gasteiger partial charge in [-0.05, 0) is 50.1 Å². The second-order valence-corrected chi connectivity index (χ2v) is 6.23. The first-order valence-corrected chi connectivity index (χ1v) is 8.31. The van der Waals surface area contributed by atoms with Gasteiger partial charge < -0.3 is 5.32 Å². The minimum atomic E-state index is 0.323. The third-order valence-corrected chi connectivity index (χ3v) is 4.49. The molecule has 4 heteroatoms. The van der Waals surface area contributed by atoms with Crippen molar-refractivity contribution >= 4 is 11.8 Å². The quantitative estimate of drug-likeness (QED) is 0.650. The average Bonchev–Trinajstić information content (AvgIpc) is 2.46. The molecule has 1 heterocycles. The van der Waals surface area contributed by atoms with Gasteiger partial charge in [0.1, 0.15) is 0 Å². The molecule has 21 heavy (non-hydrogen) atoms. The Bertz CT molecular complexity index is 598. The first-order valence-electron chi connectivity index (χ1n) is 7.33. The number of hydrogen-bond donors (Lipinski definition) is 1. The molecule has 1 aromatic carbocycles. The average molecular weight is 301 g/mol. The zero-order chi connectivity index (χ0) is 15.2. The molecule has 0 aliphatic rings. The summed E-state index contributed by atoms with van der Waals surface area (Å²) in [5.41, 5.74) is 5.02. The van der Waals surface area contributed by atoms with Gasteiger partial charge in [0.25, 0.3) is 0 Å². The Morgan fingerprint density at radius 3 is 2.62 bits per heavy atom. The van der Waals surface area contributed by atoms with Crippen LogP contribution in [-0.4, -0.2) is 22.3 Å². The standard InChI is InChI=1S/C17H23N3S/c1-5-18-16(15-7-6-12(2)13(3)10-15)11-21-17-19-9-8-14(4)20-17/h6-10,16,18H,5,11H2,1-4H3. The van der Waals surface area contributed by atoms with Gasteiger partial charge >= 0.3 is 0 Å². The molecule has 2 rings (SSSR count). The summed E-state index contributed by atoms with van der Waals surface area (Å²) < 4.78 is 0. The lowest BCUT2D eigenvalue weighted by molar-refractivity contribution is 0.605. The van der Waals surface area contributed by atoms with Gasteiger partial charge in [-0.15, -0.1) is 0 Å². The summed E-state index contributed by atoms with van der Waals surface area (Å²) in [6.07, 6.45) is 1.82. The van der Waals surface area contributed by atoms with E-state index in [0.717, 1.165) is 23.1 Å². The topological polar surface area (TPSA) is 37.8 Å². The third-order valence-electron chi connectivity index (χ3n) is 3.54. The smallest absolute Gasteiger partial charge is 0.187 e. The molecule has 2 aromatic rings. The van der Waals surface area contributed by atoms with Crippen LogP contribution in [0.1, 0.15) is 35.3 Å². The highest BCUT2D eigenvalue weighted by Gasteiger charge is 2.12. The predicted molar refractivity (Wildman–Crippen MR) is 89.8 cm³/mol. The van der Waals surface area contributed by atoms with Crippen LogP contribution in [0.25, 0.3) is 0 Å². The van der Waals surface area contributed by atoms with Gasteiger partial charge in [-0.1, -0.05) is 36.9 Å². The molecule has 0 bridgehead atoms. The lowest BCUT2D eigenvalue weighted by Gasteiger charge is -2.18. The maximum absolute atomic E-state index is 4.45. The van der Waals surface area contributed by atoms with Crippen molar-refractivity contribution in [3.05, 3.63) is 52.8 Å². The fraction of sp³-hybridized carbons (Fsp3) is 0.412. The van der Waals surface area contributed by atoms with Crippen molar-refractivity contribution in [1.29, 1.82) is 0 Å². The van der Waals surface area contributed by atoms with Crippen LogP contribution in [-0.2, 0) is 0 Å². The molecule has 0 radical (unpaired) electrons. The summed E-state index contributed by atoms with van der Waals surface area (Å²) in [7, 11) is 0. The van der Waals surface area contributed by atoms with Crippen molar-refractivity contribution in [3.8, 4) is 0 Å². The molecular formula is C17H23N3S. The zero-order valence-corrected chi connectivity index (χ0v) is 14.0. The van der Waals surface area contributed by atoms with Gasteiger partial charge in [0.05, 0.1) is 0 Å². The Hall–Kier alpha value is -1.39. The van der Waals surface area contributed by atoms with E-state index in [4.69, 9.17) is 0 Å². The molecule has 0 spiro atoms. The summed E-state index contributed by atoms with van der Waals surface area (Å²) in [6.45, 7) is 9.40. The Balaban J connectivity index is 2.09. The van der Waals surface area contributed by atoms with Crippen molar-refractivity contribution in [2.45, 2.75) is 38.9 Å². The highest BCUT2D eigenvalue weighted by molar-refractivity contribution is 7.99. The Kier molecular flexibility index (Phi) is 5.76. The van der Waals surface area contributed by atoms with E-state index in [0.29, 0.717) is 6.04 Å². The highest BCUT2D eigenvalue weighted by atomic mass is 32.2. The van der Waals surface area contributed by atoms with Gasteiger partial charge in [-0.25, -0.2) is 9.97 Å². The number of aryl methyl sites for hydroxylation is 3. The Morgan fingerprint density at radius 1 is 1.14 bits per heavy atom. The van der Waals surface area contributed by atoms with Crippen LogP contribution in [0.2, 0.25) is 0 Å². The Labute approximate surface area is 131 Å². The van der Waals surface area contributed by atoms with E-state index >= 15 is 0 Å². The highest BCUT2D eigenvalue weighted by Crippen LogP contribution is 2.24. The van der Waals surface area contributed by atoms with Crippen LogP contribution < -0.4 is 5.32 Å². The Morgan fingerprint density at radius 2 is 1.95 bits per heavy atom. The minimum absolute atomic E-state index is 0.323. The van der Waals surface area contributed by atoms with Gasteiger partial charge in [0.2, 0.25) is 0 Å². The summed E-state index contributed by atoms with van der Waals surface area (Å²) >= 11 is 1.70. The maximum atomic E-state index is 4.45. The lowest BCUT2D eigenvalue weighted by atomic mass is 10.0. The van der Waals surface area contributed by atoms with E-state index in [1.165, 1.54) is 16.7 Å². The molecule has 0 aliphatic carbocycles. The second kappa shape index (κ2) is 7.57. The number of rotatable bonds is 6. The van der Waals surface area contributed by atoms with Crippen molar-refractivity contribution in [2.24, 2.45) is 0 Å². The molecule has 0 saturated heterocycles. The van der Waals surface area contributed by atoms with Gasteiger partial charge in [0, 0.05) is 23.7 Å². The van der Waals surface area contributed by atoms with Crippen LogP contribution in [0.5, 0.6) is 0 Å². The number of benzene rings is 1. The van der Waals surface area contributed by atoms with E-state index in [1.54, 1.807) is 11.8 Å². The third kappa shape index (κ3) is 4.55. The number of aromatic nitrogens is 2. The number of thioether (sulfide) groups is 1. The second-order valence-electron chi connectivity index (χ2n) is 5.25. The predicted octanol–water partition coefficient (Wildman–Crippen LogP) is 3.84. The fourth-order valence-electron chi connectivity index (χ4n) is 2.15. The zero-order valence-electron chi connectivity index (χ0n) is 13.2. The molecule has 1 unspecified atom stereocenters. The molecule has 0 aliphatic heterocycles. The van der Waals surface area contributed by atoms with E-state index in [-0.39, 0.29) is 0 Å². The van der Waals surface area contributed by atoms with Gasteiger partial charge in [-0.3, -0.25) is 0 Å². The molecule has 1 atom stereocenters. The normalized spacial score (nSPS) is 12.4. The maximum Gasteiger partial charge on any atom is 0.187 e. The molecular weight excluding hydrogens is 278 g/mol. The van der Waals surface area contributed by atoms with Crippen molar-refractivity contribution in [2.75, 3.05) is 12.3 Å². The first kappa shape index (κ1) is 16.0. The van der Waals surface area contributed by atoms with Crippen LogP contribution in [0, 0.1) is 20.8 Å². The van der Waals surface area contributed by atoms with Crippen LogP contribution in [0.4, 0.5) is 0 Å². The molecule has 0 fully saturated rings. The molecule has 1 N–H and O–H groups in total. The molecule has 3 nitrogen and oxygen atoms in total. The molecule has 1 aromatic heterocycles. The summed E-state index contributed by atoms with van der Waals surface area (Å²) in [5.74, 6) is 0.930. The van der Waals surface area contributed by atoms with E-state index in [2.05, 4.69) is 54.3 Å². The molecule has 0 saturated carbocycles. The fourth-order valence-corrected chi connectivity index (χ4v) is 3.12. The van der Waals surface area contributed by atoms with Crippen molar-refractivity contribution < 1.29 is 0 Å². The summed E-state index contributed by atoms with van der Waals surface area (Å²) in [6, 6.07) is 8.94. The monoisotopic (exact) mass is 301 g/mol.